The summed E-state index contributed by atoms with van der Waals surface area (Å²) >= 11 is 0. The van der Waals surface area contributed by atoms with Crippen LogP contribution in [-0.4, -0.2) is 5.91 Å². The molecule has 0 spiro atoms. The predicted molar refractivity (Wildman–Crippen MR) is 76.5 cm³/mol. The summed E-state index contributed by atoms with van der Waals surface area (Å²) in [6, 6.07) is 8.11. The number of hydrogen-bond acceptors (Lipinski definition) is 3. The van der Waals surface area contributed by atoms with Crippen LogP contribution in [0.3, 0.4) is 0 Å². The van der Waals surface area contributed by atoms with Gasteiger partial charge in [0.25, 0.3) is 5.91 Å². The van der Waals surface area contributed by atoms with Crippen LogP contribution < -0.4 is 16.6 Å². The number of rotatable bonds is 4. The van der Waals surface area contributed by atoms with Gasteiger partial charge in [-0.15, -0.1) is 0 Å². The molecule has 21 heavy (non-hydrogen) atoms. The molecule has 0 aliphatic rings. The molecule has 2 rings (SSSR count). The number of anilines is 1. The van der Waals surface area contributed by atoms with Gasteiger partial charge in [-0.05, 0) is 48.9 Å². The third kappa shape index (κ3) is 3.55. The van der Waals surface area contributed by atoms with Crippen LogP contribution in [0.1, 0.15) is 21.5 Å². The number of hydrazine groups is 1. The lowest BCUT2D eigenvalue weighted by Gasteiger charge is -2.10. The van der Waals surface area contributed by atoms with Crippen LogP contribution >= 0.6 is 0 Å². The number of nitrogens with two attached hydrogens (primary N) is 1. The monoisotopic (exact) mass is 291 g/mol. The Morgan fingerprint density at radius 2 is 1.95 bits per heavy atom. The molecule has 0 heterocycles. The number of benzene rings is 2. The Balaban J connectivity index is 2.10. The first-order valence-corrected chi connectivity index (χ1v) is 6.30. The van der Waals surface area contributed by atoms with Crippen LogP contribution in [0.4, 0.5) is 14.5 Å². The molecule has 1 amide bonds. The second kappa shape index (κ2) is 6.32. The number of hydrogen-bond donors (Lipinski definition) is 3. The minimum absolute atomic E-state index is 0.0846. The molecule has 0 atom stereocenters. The number of aryl methyl sites for hydroxylation is 1. The zero-order chi connectivity index (χ0) is 15.4. The van der Waals surface area contributed by atoms with Crippen molar-refractivity contribution in [2.75, 3.05) is 5.43 Å². The number of amides is 1. The van der Waals surface area contributed by atoms with Gasteiger partial charge in [-0.1, -0.05) is 0 Å². The molecule has 0 radical (unpaired) electrons. The van der Waals surface area contributed by atoms with Crippen molar-refractivity contribution in [3.8, 4) is 0 Å². The zero-order valence-corrected chi connectivity index (χ0v) is 11.4. The summed E-state index contributed by atoms with van der Waals surface area (Å²) in [6.45, 7) is 1.68. The number of nitrogen functional groups attached to an aromatic ring is 1. The van der Waals surface area contributed by atoms with Crippen molar-refractivity contribution in [2.24, 2.45) is 5.84 Å². The molecule has 0 aromatic heterocycles. The van der Waals surface area contributed by atoms with E-state index in [-0.39, 0.29) is 18.0 Å². The molecule has 2 aromatic carbocycles. The van der Waals surface area contributed by atoms with Crippen LogP contribution in [0.2, 0.25) is 0 Å². The van der Waals surface area contributed by atoms with Crippen LogP contribution in [-0.2, 0) is 6.54 Å². The van der Waals surface area contributed by atoms with Crippen molar-refractivity contribution >= 4 is 11.6 Å². The van der Waals surface area contributed by atoms with Gasteiger partial charge in [0.05, 0.1) is 0 Å². The summed E-state index contributed by atoms with van der Waals surface area (Å²) in [5, 5.41) is 2.56. The summed E-state index contributed by atoms with van der Waals surface area (Å²) in [5.74, 6) is 3.82. The molecular weight excluding hydrogens is 276 g/mol. The van der Waals surface area contributed by atoms with E-state index in [1.807, 2.05) is 0 Å². The van der Waals surface area contributed by atoms with E-state index in [4.69, 9.17) is 5.84 Å². The Morgan fingerprint density at radius 1 is 1.19 bits per heavy atom. The molecule has 0 aliphatic heterocycles. The maximum Gasteiger partial charge on any atom is 0.251 e. The fourth-order valence-electron chi connectivity index (χ4n) is 1.96. The third-order valence-electron chi connectivity index (χ3n) is 3.08. The van der Waals surface area contributed by atoms with Gasteiger partial charge in [0.2, 0.25) is 0 Å². The predicted octanol–water partition coefficient (Wildman–Crippen LogP) is 2.49. The molecule has 6 heteroatoms. The molecule has 2 aromatic rings. The molecule has 110 valence electrons. The van der Waals surface area contributed by atoms with Crippen LogP contribution in [0, 0.1) is 18.6 Å². The first kappa shape index (κ1) is 14.9. The quantitative estimate of drug-likeness (QED) is 0.599. The fraction of sp³-hybridized carbons (Fsp3) is 0.133. The summed E-state index contributed by atoms with van der Waals surface area (Å²) < 4.78 is 26.5. The molecule has 0 fully saturated rings. The average molecular weight is 291 g/mol. The highest BCUT2D eigenvalue weighted by Crippen LogP contribution is 2.15. The number of carbonyl (C=O) groups excluding carboxylic acids is 1. The van der Waals surface area contributed by atoms with Crippen molar-refractivity contribution in [3.05, 3.63) is 64.7 Å². The summed E-state index contributed by atoms with van der Waals surface area (Å²) in [5.41, 5.74) is 4.44. The van der Waals surface area contributed by atoms with Gasteiger partial charge in [-0.2, -0.15) is 0 Å². The van der Waals surface area contributed by atoms with E-state index in [0.717, 1.165) is 23.8 Å². The Hall–Kier alpha value is -2.47. The van der Waals surface area contributed by atoms with E-state index in [1.165, 1.54) is 0 Å². The van der Waals surface area contributed by atoms with Gasteiger partial charge in [0.15, 0.2) is 0 Å². The maximum atomic E-state index is 13.5. The third-order valence-corrected chi connectivity index (χ3v) is 3.08. The summed E-state index contributed by atoms with van der Waals surface area (Å²) in [7, 11) is 0. The largest absolute Gasteiger partial charge is 0.348 e. The van der Waals surface area contributed by atoms with Gasteiger partial charge < -0.3 is 10.7 Å². The number of halogens is 2. The molecular formula is C15H15F2N3O. The van der Waals surface area contributed by atoms with Gasteiger partial charge in [-0.25, -0.2) is 8.78 Å². The van der Waals surface area contributed by atoms with Crippen molar-refractivity contribution in [3.63, 3.8) is 0 Å². The normalized spacial score (nSPS) is 10.3. The molecule has 0 bridgehead atoms. The van der Waals surface area contributed by atoms with E-state index in [9.17, 15) is 13.6 Å². The van der Waals surface area contributed by atoms with E-state index in [2.05, 4.69) is 10.7 Å². The number of carbonyl (C=O) groups is 1. The van der Waals surface area contributed by atoms with Crippen molar-refractivity contribution in [1.82, 2.24) is 5.32 Å². The SMILES string of the molecule is Cc1cc(NN)ccc1C(=O)NCc1cc(F)ccc1F. The lowest BCUT2D eigenvalue weighted by Crippen LogP contribution is -2.24. The van der Waals surface area contributed by atoms with Crippen molar-refractivity contribution in [1.29, 1.82) is 0 Å². The second-order valence-electron chi connectivity index (χ2n) is 4.59. The van der Waals surface area contributed by atoms with Crippen LogP contribution in [0.5, 0.6) is 0 Å². The minimum atomic E-state index is -0.559. The summed E-state index contributed by atoms with van der Waals surface area (Å²) in [4.78, 5) is 12.1. The van der Waals surface area contributed by atoms with Gasteiger partial charge in [-0.3, -0.25) is 10.6 Å². The molecule has 0 saturated carbocycles. The molecule has 0 aliphatic carbocycles. The van der Waals surface area contributed by atoms with E-state index in [0.29, 0.717) is 11.3 Å². The highest BCUT2D eigenvalue weighted by molar-refractivity contribution is 5.96. The lowest BCUT2D eigenvalue weighted by molar-refractivity contribution is 0.0950. The smallest absolute Gasteiger partial charge is 0.251 e. The van der Waals surface area contributed by atoms with Crippen molar-refractivity contribution in [2.45, 2.75) is 13.5 Å². The van der Waals surface area contributed by atoms with E-state index in [1.54, 1.807) is 25.1 Å². The fourth-order valence-corrected chi connectivity index (χ4v) is 1.96. The van der Waals surface area contributed by atoms with Gasteiger partial charge >= 0.3 is 0 Å². The Morgan fingerprint density at radius 3 is 2.62 bits per heavy atom. The second-order valence-corrected chi connectivity index (χ2v) is 4.59. The minimum Gasteiger partial charge on any atom is -0.348 e. The molecule has 4 nitrogen and oxygen atoms in total. The average Bonchev–Trinajstić information content (AvgIpc) is 2.47. The van der Waals surface area contributed by atoms with Crippen LogP contribution in [0.15, 0.2) is 36.4 Å². The topological polar surface area (TPSA) is 67.1 Å². The first-order valence-electron chi connectivity index (χ1n) is 6.30. The Kier molecular flexibility index (Phi) is 4.49. The van der Waals surface area contributed by atoms with Crippen molar-refractivity contribution < 1.29 is 13.6 Å². The highest BCUT2D eigenvalue weighted by atomic mass is 19.1. The standard InChI is InChI=1S/C15H15F2N3O/c1-9-6-12(20-18)3-4-13(9)15(21)19-8-10-7-11(16)2-5-14(10)17/h2-7,20H,8,18H2,1H3,(H,19,21). The Bertz CT molecular complexity index is 674. The number of nitrogens with one attached hydrogen (secondary N) is 2. The first-order chi connectivity index (χ1) is 10.0. The molecule has 0 unspecified atom stereocenters. The van der Waals surface area contributed by atoms with E-state index >= 15 is 0 Å². The van der Waals surface area contributed by atoms with Crippen LogP contribution in [0.25, 0.3) is 0 Å². The lowest BCUT2D eigenvalue weighted by atomic mass is 10.1. The van der Waals surface area contributed by atoms with E-state index < -0.39 is 11.6 Å². The highest BCUT2D eigenvalue weighted by Gasteiger charge is 2.11. The molecule has 0 saturated heterocycles. The molecule has 4 N–H and O–H groups in total. The maximum absolute atomic E-state index is 13.5. The summed E-state index contributed by atoms with van der Waals surface area (Å²) in [6.07, 6.45) is 0. The van der Waals surface area contributed by atoms with Gasteiger partial charge in [0, 0.05) is 23.4 Å². The zero-order valence-electron chi connectivity index (χ0n) is 11.4. The Labute approximate surface area is 120 Å². The van der Waals surface area contributed by atoms with Gasteiger partial charge in [0.1, 0.15) is 11.6 Å².